The van der Waals surface area contributed by atoms with E-state index in [1.54, 1.807) is 4.90 Å². The van der Waals surface area contributed by atoms with E-state index in [0.717, 1.165) is 6.07 Å². The minimum atomic E-state index is -0.579. The fourth-order valence-corrected chi connectivity index (χ4v) is 1.73. The third-order valence-corrected chi connectivity index (χ3v) is 2.57. The number of hydrogen-bond acceptors (Lipinski definition) is 2. The lowest BCUT2D eigenvalue weighted by Crippen LogP contribution is -2.34. The first-order valence-corrected chi connectivity index (χ1v) is 4.88. The quantitative estimate of drug-likeness (QED) is 0.709. The molecule has 0 N–H and O–H groups in total. The summed E-state index contributed by atoms with van der Waals surface area (Å²) in [6.07, 6.45) is 0.883. The molecule has 1 saturated heterocycles. The van der Waals surface area contributed by atoms with E-state index in [9.17, 15) is 13.6 Å². The lowest BCUT2D eigenvalue weighted by molar-refractivity contribution is -0.119. The Morgan fingerprint density at radius 3 is 2.40 bits per heavy atom. The van der Waals surface area contributed by atoms with Gasteiger partial charge < -0.3 is 4.90 Å². The van der Waals surface area contributed by atoms with Crippen molar-refractivity contribution in [3.8, 4) is 0 Å². The van der Waals surface area contributed by atoms with Crippen molar-refractivity contribution in [2.24, 2.45) is 0 Å². The highest BCUT2D eigenvalue weighted by atomic mass is 19.1. The Morgan fingerprint density at radius 2 is 1.80 bits per heavy atom. The fourth-order valence-electron chi connectivity index (χ4n) is 1.73. The van der Waals surface area contributed by atoms with E-state index in [0.29, 0.717) is 31.6 Å². The zero-order valence-corrected chi connectivity index (χ0v) is 8.17. The molecule has 2 nitrogen and oxygen atoms in total. The van der Waals surface area contributed by atoms with Crippen LogP contribution >= 0.6 is 0 Å². The number of benzene rings is 1. The van der Waals surface area contributed by atoms with Gasteiger partial charge in [-0.2, -0.15) is 0 Å². The molecular formula is C11H11F2NO. The standard InChI is InChI=1S/C11H11F2NO/c12-8-1-2-11(10(13)7-8)14-5-3-9(15)4-6-14/h1-2,7H,3-6H2. The number of nitrogens with zero attached hydrogens (tertiary/aromatic N) is 1. The van der Waals surface area contributed by atoms with Crippen LogP contribution < -0.4 is 4.90 Å². The second-order valence-corrected chi connectivity index (χ2v) is 3.62. The van der Waals surface area contributed by atoms with Crippen LogP contribution in [-0.4, -0.2) is 18.9 Å². The van der Waals surface area contributed by atoms with E-state index in [-0.39, 0.29) is 5.78 Å². The Labute approximate surface area is 86.5 Å². The predicted octanol–water partition coefficient (Wildman–Crippen LogP) is 2.13. The van der Waals surface area contributed by atoms with Crippen LogP contribution in [0.4, 0.5) is 14.5 Å². The number of halogens is 2. The average molecular weight is 211 g/mol. The minimum absolute atomic E-state index is 0.203. The number of piperidine rings is 1. The van der Waals surface area contributed by atoms with Crippen LogP contribution in [0.1, 0.15) is 12.8 Å². The molecule has 0 aromatic heterocycles. The molecule has 1 aromatic carbocycles. The Kier molecular flexibility index (Phi) is 2.66. The van der Waals surface area contributed by atoms with Crippen molar-refractivity contribution < 1.29 is 13.6 Å². The van der Waals surface area contributed by atoms with Gasteiger partial charge in [0.05, 0.1) is 5.69 Å². The molecule has 4 heteroatoms. The molecule has 2 rings (SSSR count). The third kappa shape index (κ3) is 2.14. The lowest BCUT2D eigenvalue weighted by Gasteiger charge is -2.28. The van der Waals surface area contributed by atoms with Crippen LogP contribution in [0.3, 0.4) is 0 Å². The molecular weight excluding hydrogens is 200 g/mol. The van der Waals surface area contributed by atoms with Gasteiger partial charge in [-0.3, -0.25) is 4.79 Å². The van der Waals surface area contributed by atoms with Crippen LogP contribution in [-0.2, 0) is 4.79 Å². The predicted molar refractivity (Wildman–Crippen MR) is 52.8 cm³/mol. The summed E-state index contributed by atoms with van der Waals surface area (Å²) in [5.41, 5.74) is 0.379. The number of hydrogen-bond donors (Lipinski definition) is 0. The van der Waals surface area contributed by atoms with Crippen molar-refractivity contribution in [1.82, 2.24) is 0 Å². The second-order valence-electron chi connectivity index (χ2n) is 3.62. The number of carbonyl (C=O) groups excluding carboxylic acids is 1. The highest BCUT2D eigenvalue weighted by Gasteiger charge is 2.18. The van der Waals surface area contributed by atoms with Gasteiger partial charge >= 0.3 is 0 Å². The Balaban J connectivity index is 2.19. The largest absolute Gasteiger partial charge is 0.368 e. The van der Waals surface area contributed by atoms with Crippen molar-refractivity contribution in [2.75, 3.05) is 18.0 Å². The Morgan fingerprint density at radius 1 is 1.13 bits per heavy atom. The van der Waals surface area contributed by atoms with E-state index >= 15 is 0 Å². The molecule has 1 aliphatic rings. The van der Waals surface area contributed by atoms with Gasteiger partial charge in [-0.25, -0.2) is 8.78 Å². The maximum absolute atomic E-state index is 13.4. The van der Waals surface area contributed by atoms with E-state index in [2.05, 4.69) is 0 Å². The number of rotatable bonds is 1. The molecule has 15 heavy (non-hydrogen) atoms. The average Bonchev–Trinajstić information content (AvgIpc) is 2.20. The van der Waals surface area contributed by atoms with Crippen molar-refractivity contribution in [2.45, 2.75) is 12.8 Å². The van der Waals surface area contributed by atoms with E-state index < -0.39 is 11.6 Å². The van der Waals surface area contributed by atoms with Crippen molar-refractivity contribution in [1.29, 1.82) is 0 Å². The van der Waals surface area contributed by atoms with Crippen LogP contribution in [0.25, 0.3) is 0 Å². The first-order valence-electron chi connectivity index (χ1n) is 4.88. The first-order chi connectivity index (χ1) is 7.16. The Hall–Kier alpha value is -1.45. The van der Waals surface area contributed by atoms with Crippen LogP contribution in [0.2, 0.25) is 0 Å². The zero-order chi connectivity index (χ0) is 10.8. The molecule has 80 valence electrons. The maximum atomic E-state index is 13.4. The summed E-state index contributed by atoms with van der Waals surface area (Å²) in [5.74, 6) is -0.942. The summed E-state index contributed by atoms with van der Waals surface area (Å²) < 4.78 is 26.0. The number of carbonyl (C=O) groups is 1. The zero-order valence-electron chi connectivity index (χ0n) is 8.17. The normalized spacial score (nSPS) is 16.9. The molecule has 0 atom stereocenters. The molecule has 0 aliphatic carbocycles. The molecule has 0 saturated carbocycles. The summed E-state index contributed by atoms with van der Waals surface area (Å²) in [5, 5.41) is 0. The highest BCUT2D eigenvalue weighted by Crippen LogP contribution is 2.22. The van der Waals surface area contributed by atoms with E-state index in [4.69, 9.17) is 0 Å². The van der Waals surface area contributed by atoms with Crippen molar-refractivity contribution >= 4 is 11.5 Å². The number of anilines is 1. The topological polar surface area (TPSA) is 20.3 Å². The number of Topliss-reactive ketones (excluding diaryl/α,β-unsaturated/α-hetero) is 1. The summed E-state index contributed by atoms with van der Waals surface area (Å²) in [4.78, 5) is 12.8. The van der Waals surface area contributed by atoms with Crippen LogP contribution in [0.5, 0.6) is 0 Å². The monoisotopic (exact) mass is 211 g/mol. The molecule has 1 heterocycles. The van der Waals surface area contributed by atoms with Crippen LogP contribution in [0.15, 0.2) is 18.2 Å². The molecule has 1 aliphatic heterocycles. The van der Waals surface area contributed by atoms with Gasteiger partial charge in [0.2, 0.25) is 0 Å². The number of ketones is 1. The van der Waals surface area contributed by atoms with Gasteiger partial charge in [0.25, 0.3) is 0 Å². The summed E-state index contributed by atoms with van der Waals surface area (Å²) in [6.45, 7) is 1.03. The van der Waals surface area contributed by atoms with Crippen molar-refractivity contribution in [3.63, 3.8) is 0 Å². The second kappa shape index (κ2) is 3.96. The summed E-state index contributed by atoms with van der Waals surface area (Å²) in [7, 11) is 0. The van der Waals surface area contributed by atoms with E-state index in [1.165, 1.54) is 12.1 Å². The van der Waals surface area contributed by atoms with Gasteiger partial charge in [0.15, 0.2) is 0 Å². The molecule has 0 spiro atoms. The molecule has 1 aromatic rings. The SMILES string of the molecule is O=C1CCN(c2ccc(F)cc2F)CC1. The minimum Gasteiger partial charge on any atom is -0.368 e. The third-order valence-electron chi connectivity index (χ3n) is 2.57. The molecule has 0 bridgehead atoms. The molecule has 0 radical (unpaired) electrons. The smallest absolute Gasteiger partial charge is 0.149 e. The highest BCUT2D eigenvalue weighted by molar-refractivity contribution is 5.81. The molecule has 1 fully saturated rings. The first kappa shape index (κ1) is 10.1. The Bertz CT molecular complexity index is 382. The van der Waals surface area contributed by atoms with E-state index in [1.807, 2.05) is 0 Å². The maximum Gasteiger partial charge on any atom is 0.149 e. The molecule has 0 amide bonds. The van der Waals surface area contributed by atoms with Crippen molar-refractivity contribution in [3.05, 3.63) is 29.8 Å². The van der Waals surface area contributed by atoms with Gasteiger partial charge in [-0.15, -0.1) is 0 Å². The lowest BCUT2D eigenvalue weighted by atomic mass is 10.1. The van der Waals surface area contributed by atoms with Gasteiger partial charge in [0.1, 0.15) is 17.4 Å². The van der Waals surface area contributed by atoms with Gasteiger partial charge in [0, 0.05) is 32.0 Å². The molecule has 0 unspecified atom stereocenters. The summed E-state index contributed by atoms with van der Waals surface area (Å²) in [6, 6.07) is 3.51. The van der Waals surface area contributed by atoms with Gasteiger partial charge in [-0.05, 0) is 12.1 Å². The fraction of sp³-hybridized carbons (Fsp3) is 0.364. The van der Waals surface area contributed by atoms with Gasteiger partial charge in [-0.1, -0.05) is 0 Å². The summed E-state index contributed by atoms with van der Waals surface area (Å²) >= 11 is 0. The van der Waals surface area contributed by atoms with Crippen LogP contribution in [0, 0.1) is 11.6 Å².